The fourth-order valence-electron chi connectivity index (χ4n) is 1.90. The van der Waals surface area contributed by atoms with Crippen molar-refractivity contribution in [3.63, 3.8) is 0 Å². The summed E-state index contributed by atoms with van der Waals surface area (Å²) in [5.41, 5.74) is -0.0808. The summed E-state index contributed by atoms with van der Waals surface area (Å²) in [6.45, 7) is 1.64. The van der Waals surface area contributed by atoms with Crippen molar-refractivity contribution in [1.82, 2.24) is 0 Å². The molecule has 2 rings (SSSR count). The van der Waals surface area contributed by atoms with E-state index in [9.17, 15) is 19.5 Å². The summed E-state index contributed by atoms with van der Waals surface area (Å²) in [6, 6.07) is 3.60. The molecule has 94 valence electrons. The van der Waals surface area contributed by atoms with Crippen molar-refractivity contribution in [2.45, 2.75) is 13.3 Å². The Morgan fingerprint density at radius 1 is 1.39 bits per heavy atom. The second-order valence-corrected chi connectivity index (χ2v) is 4.18. The van der Waals surface area contributed by atoms with Crippen LogP contribution in [0.25, 0.3) is 0 Å². The maximum Gasteiger partial charge on any atom is 0.339 e. The maximum absolute atomic E-state index is 11.8. The molecular weight excluding hydrogens is 238 g/mol. The van der Waals surface area contributed by atoms with Gasteiger partial charge in [-0.05, 0) is 12.1 Å². The summed E-state index contributed by atoms with van der Waals surface area (Å²) in [5, 5.41) is 18.3. The normalized spacial score (nSPS) is 19.4. The first-order chi connectivity index (χ1) is 8.41. The van der Waals surface area contributed by atoms with Crippen molar-refractivity contribution in [2.75, 3.05) is 4.90 Å². The molecule has 1 aliphatic rings. The smallest absolute Gasteiger partial charge is 0.339 e. The van der Waals surface area contributed by atoms with Crippen molar-refractivity contribution in [3.8, 4) is 5.75 Å². The molecule has 2 N–H and O–H groups in total. The van der Waals surface area contributed by atoms with Crippen LogP contribution >= 0.6 is 0 Å². The Labute approximate surface area is 102 Å². The van der Waals surface area contributed by atoms with Gasteiger partial charge in [-0.1, -0.05) is 6.92 Å². The summed E-state index contributed by atoms with van der Waals surface area (Å²) in [7, 11) is 0. The summed E-state index contributed by atoms with van der Waals surface area (Å²) < 4.78 is 0. The predicted octanol–water partition coefficient (Wildman–Crippen LogP) is 0.990. The first kappa shape index (κ1) is 12.1. The van der Waals surface area contributed by atoms with E-state index in [1.165, 1.54) is 6.07 Å². The van der Waals surface area contributed by atoms with E-state index in [4.69, 9.17) is 5.11 Å². The summed E-state index contributed by atoms with van der Waals surface area (Å²) in [4.78, 5) is 35.1. The van der Waals surface area contributed by atoms with Gasteiger partial charge in [0.1, 0.15) is 11.3 Å². The Morgan fingerprint density at radius 3 is 2.50 bits per heavy atom. The molecule has 0 saturated carbocycles. The number of carboxylic acids is 1. The molecule has 0 spiro atoms. The number of nitrogens with zero attached hydrogens (tertiary/aromatic N) is 1. The Balaban J connectivity index is 2.41. The number of rotatable bonds is 2. The van der Waals surface area contributed by atoms with Gasteiger partial charge in [-0.3, -0.25) is 14.5 Å². The van der Waals surface area contributed by atoms with E-state index in [1.54, 1.807) is 6.92 Å². The second-order valence-electron chi connectivity index (χ2n) is 4.18. The molecule has 1 aromatic carbocycles. The Morgan fingerprint density at radius 2 is 2.06 bits per heavy atom. The third-order valence-corrected chi connectivity index (χ3v) is 2.84. The minimum Gasteiger partial charge on any atom is -0.507 e. The zero-order valence-corrected chi connectivity index (χ0v) is 9.58. The number of benzene rings is 1. The molecular formula is C12H11NO5. The van der Waals surface area contributed by atoms with Gasteiger partial charge >= 0.3 is 5.97 Å². The number of imide groups is 1. The summed E-state index contributed by atoms with van der Waals surface area (Å²) in [5.74, 6) is -2.83. The molecule has 1 unspecified atom stereocenters. The number of hydrogen-bond donors (Lipinski definition) is 2. The van der Waals surface area contributed by atoms with Crippen LogP contribution in [0.5, 0.6) is 5.75 Å². The molecule has 0 aromatic heterocycles. The molecule has 6 nitrogen and oxygen atoms in total. The average molecular weight is 249 g/mol. The quantitative estimate of drug-likeness (QED) is 0.762. The van der Waals surface area contributed by atoms with Gasteiger partial charge < -0.3 is 10.2 Å². The highest BCUT2D eigenvalue weighted by molar-refractivity contribution is 6.21. The molecule has 2 amide bonds. The largest absolute Gasteiger partial charge is 0.507 e. The molecule has 1 atom stereocenters. The fourth-order valence-corrected chi connectivity index (χ4v) is 1.90. The molecule has 1 saturated heterocycles. The average Bonchev–Trinajstić information content (AvgIpc) is 2.52. The van der Waals surface area contributed by atoms with E-state index in [0.717, 1.165) is 17.0 Å². The molecule has 18 heavy (non-hydrogen) atoms. The standard InChI is InChI=1S/C12H11NO5/c1-6-4-10(15)13(11(6)16)7-2-3-8(12(17)18)9(14)5-7/h2-3,5-6,14H,4H2,1H3,(H,17,18). The van der Waals surface area contributed by atoms with Gasteiger partial charge in [0.05, 0.1) is 5.69 Å². The van der Waals surface area contributed by atoms with E-state index < -0.39 is 17.6 Å². The van der Waals surface area contributed by atoms with Crippen LogP contribution in [-0.2, 0) is 9.59 Å². The van der Waals surface area contributed by atoms with Crippen molar-refractivity contribution >= 4 is 23.5 Å². The van der Waals surface area contributed by atoms with Crippen LogP contribution in [0.1, 0.15) is 23.7 Å². The molecule has 0 radical (unpaired) electrons. The van der Waals surface area contributed by atoms with Crippen LogP contribution in [0.15, 0.2) is 18.2 Å². The van der Waals surface area contributed by atoms with Gasteiger partial charge in [-0.15, -0.1) is 0 Å². The van der Waals surface area contributed by atoms with Crippen LogP contribution in [0.4, 0.5) is 5.69 Å². The van der Waals surface area contributed by atoms with Crippen LogP contribution in [0, 0.1) is 5.92 Å². The van der Waals surface area contributed by atoms with E-state index in [2.05, 4.69) is 0 Å². The minimum atomic E-state index is -1.27. The highest BCUT2D eigenvalue weighted by Crippen LogP contribution is 2.30. The molecule has 6 heteroatoms. The fraction of sp³-hybridized carbons (Fsp3) is 0.250. The topological polar surface area (TPSA) is 94.9 Å². The van der Waals surface area contributed by atoms with Gasteiger partial charge in [0.25, 0.3) is 0 Å². The lowest BCUT2D eigenvalue weighted by Crippen LogP contribution is -2.29. The highest BCUT2D eigenvalue weighted by atomic mass is 16.4. The minimum absolute atomic E-state index is 0.125. The third kappa shape index (κ3) is 1.81. The SMILES string of the molecule is CC1CC(=O)N(c2ccc(C(=O)O)c(O)c2)C1=O. The lowest BCUT2D eigenvalue weighted by Gasteiger charge is -2.15. The monoisotopic (exact) mass is 249 g/mol. The van der Waals surface area contributed by atoms with Gasteiger partial charge in [-0.2, -0.15) is 0 Å². The molecule has 1 aromatic rings. The first-order valence-electron chi connectivity index (χ1n) is 5.35. The van der Waals surface area contributed by atoms with E-state index >= 15 is 0 Å². The Kier molecular flexibility index (Phi) is 2.78. The van der Waals surface area contributed by atoms with Gasteiger partial charge in [-0.25, -0.2) is 4.79 Å². The zero-order chi connectivity index (χ0) is 13.4. The summed E-state index contributed by atoms with van der Waals surface area (Å²) >= 11 is 0. The van der Waals surface area contributed by atoms with Crippen LogP contribution in [0.3, 0.4) is 0 Å². The molecule has 1 aliphatic heterocycles. The van der Waals surface area contributed by atoms with Gasteiger partial charge in [0.15, 0.2) is 0 Å². The first-order valence-corrected chi connectivity index (χ1v) is 5.35. The number of carboxylic acid groups (broad SMARTS) is 1. The van der Waals surface area contributed by atoms with Crippen molar-refractivity contribution < 1.29 is 24.6 Å². The van der Waals surface area contributed by atoms with Crippen molar-refractivity contribution in [3.05, 3.63) is 23.8 Å². The van der Waals surface area contributed by atoms with Gasteiger partial charge in [0.2, 0.25) is 11.8 Å². The summed E-state index contributed by atoms with van der Waals surface area (Å²) in [6.07, 6.45) is 0.125. The maximum atomic E-state index is 11.8. The molecule has 1 fully saturated rings. The molecule has 1 heterocycles. The highest BCUT2D eigenvalue weighted by Gasteiger charge is 2.36. The molecule has 0 bridgehead atoms. The Bertz CT molecular complexity index is 551. The number of anilines is 1. The number of amides is 2. The number of carbonyl (C=O) groups is 3. The lowest BCUT2D eigenvalue weighted by atomic mass is 10.1. The number of phenols is 1. The van der Waals surface area contributed by atoms with Crippen molar-refractivity contribution in [1.29, 1.82) is 0 Å². The predicted molar refractivity (Wildman–Crippen MR) is 61.3 cm³/mol. The van der Waals surface area contributed by atoms with E-state index in [0.29, 0.717) is 0 Å². The van der Waals surface area contributed by atoms with Crippen molar-refractivity contribution in [2.24, 2.45) is 5.92 Å². The number of aromatic hydroxyl groups is 1. The Hall–Kier alpha value is -2.37. The number of carbonyl (C=O) groups excluding carboxylic acids is 2. The van der Waals surface area contributed by atoms with Crippen LogP contribution in [0.2, 0.25) is 0 Å². The number of aromatic carboxylic acids is 1. The second kappa shape index (κ2) is 4.14. The number of hydrogen-bond acceptors (Lipinski definition) is 4. The van der Waals surface area contributed by atoms with E-state index in [-0.39, 0.29) is 29.5 Å². The third-order valence-electron chi connectivity index (χ3n) is 2.84. The zero-order valence-electron chi connectivity index (χ0n) is 9.58. The molecule has 0 aliphatic carbocycles. The van der Waals surface area contributed by atoms with Crippen LogP contribution < -0.4 is 4.90 Å². The van der Waals surface area contributed by atoms with Gasteiger partial charge in [0, 0.05) is 18.4 Å². The van der Waals surface area contributed by atoms with E-state index in [1.807, 2.05) is 0 Å². The lowest BCUT2D eigenvalue weighted by molar-refractivity contribution is -0.122. The van der Waals surface area contributed by atoms with Crippen LogP contribution in [-0.4, -0.2) is 28.0 Å².